The Hall–Kier alpha value is -1.84. The lowest BCUT2D eigenvalue weighted by Crippen LogP contribution is -2.44. The summed E-state index contributed by atoms with van der Waals surface area (Å²) in [5, 5.41) is 11.6. The number of rotatable bonds is 4. The quantitative estimate of drug-likeness (QED) is 0.775. The fraction of sp³-hybridized carbons (Fsp3) is 0.385. The Bertz CT molecular complexity index is 442. The topological polar surface area (TPSA) is 66.4 Å². The fourth-order valence-corrected chi connectivity index (χ4v) is 1.76. The summed E-state index contributed by atoms with van der Waals surface area (Å²) in [6.45, 7) is 3.37. The second-order valence-electron chi connectivity index (χ2n) is 4.38. The van der Waals surface area contributed by atoms with E-state index in [1.165, 1.54) is 14.0 Å². The zero-order valence-corrected chi connectivity index (χ0v) is 10.3. The molecule has 0 fully saturated rings. The number of hydrogen-bond donors (Lipinski definition) is 2. The lowest BCUT2D eigenvalue weighted by Gasteiger charge is -2.22. The van der Waals surface area contributed by atoms with E-state index in [1.54, 1.807) is 0 Å². The molecule has 1 unspecified atom stereocenters. The predicted molar refractivity (Wildman–Crippen MR) is 64.7 cm³/mol. The van der Waals surface area contributed by atoms with Crippen molar-refractivity contribution in [3.8, 4) is 0 Å². The Labute approximate surface area is 101 Å². The highest BCUT2D eigenvalue weighted by Gasteiger charge is 2.40. The molecule has 1 amide bonds. The van der Waals surface area contributed by atoms with E-state index in [1.807, 2.05) is 31.2 Å². The highest BCUT2D eigenvalue weighted by molar-refractivity contribution is 6.01. The van der Waals surface area contributed by atoms with E-state index in [0.29, 0.717) is 0 Å². The highest BCUT2D eigenvalue weighted by atomic mass is 16.4. The summed E-state index contributed by atoms with van der Waals surface area (Å²) < 4.78 is 0. The molecule has 17 heavy (non-hydrogen) atoms. The van der Waals surface area contributed by atoms with Crippen molar-refractivity contribution in [3.05, 3.63) is 35.4 Å². The lowest BCUT2D eigenvalue weighted by atomic mass is 9.82. The molecule has 4 nitrogen and oxygen atoms in total. The Morgan fingerprint density at radius 2 is 2.06 bits per heavy atom. The smallest absolute Gasteiger partial charge is 0.319 e. The minimum absolute atomic E-state index is 0.184. The standard InChI is InChI=1S/C13H17NO3/c1-9-5-4-6-10(7-9)8-13(2,12(16)17)11(15)14-3/h4-7H,8H2,1-3H3,(H,14,15)(H,16,17). The number of carbonyl (C=O) groups excluding carboxylic acids is 1. The van der Waals surface area contributed by atoms with Crippen molar-refractivity contribution < 1.29 is 14.7 Å². The third kappa shape index (κ3) is 2.84. The van der Waals surface area contributed by atoms with E-state index in [9.17, 15) is 14.7 Å². The zero-order valence-electron chi connectivity index (χ0n) is 10.3. The maximum Gasteiger partial charge on any atom is 0.319 e. The monoisotopic (exact) mass is 235 g/mol. The number of nitrogens with one attached hydrogen (secondary N) is 1. The van der Waals surface area contributed by atoms with Gasteiger partial charge in [-0.3, -0.25) is 9.59 Å². The van der Waals surface area contributed by atoms with Gasteiger partial charge in [-0.2, -0.15) is 0 Å². The summed E-state index contributed by atoms with van der Waals surface area (Å²) >= 11 is 0. The van der Waals surface area contributed by atoms with Crippen LogP contribution in [0, 0.1) is 12.3 Å². The molecular weight excluding hydrogens is 218 g/mol. The van der Waals surface area contributed by atoms with Crippen LogP contribution in [0.1, 0.15) is 18.1 Å². The van der Waals surface area contributed by atoms with Crippen molar-refractivity contribution >= 4 is 11.9 Å². The average molecular weight is 235 g/mol. The molecular formula is C13H17NO3. The van der Waals surface area contributed by atoms with E-state index in [0.717, 1.165) is 11.1 Å². The van der Waals surface area contributed by atoms with Crippen LogP contribution in [0.25, 0.3) is 0 Å². The molecule has 0 aliphatic rings. The molecule has 1 rings (SSSR count). The van der Waals surface area contributed by atoms with E-state index >= 15 is 0 Å². The molecule has 1 aromatic rings. The highest BCUT2D eigenvalue weighted by Crippen LogP contribution is 2.23. The summed E-state index contributed by atoms with van der Waals surface area (Å²) in [7, 11) is 1.44. The average Bonchev–Trinajstić information content (AvgIpc) is 2.27. The third-order valence-electron chi connectivity index (χ3n) is 2.84. The Morgan fingerprint density at radius 3 is 2.53 bits per heavy atom. The maximum atomic E-state index is 11.7. The van der Waals surface area contributed by atoms with Crippen LogP contribution >= 0.6 is 0 Å². The van der Waals surface area contributed by atoms with Crippen LogP contribution in [0.15, 0.2) is 24.3 Å². The number of carboxylic acids is 1. The van der Waals surface area contributed by atoms with E-state index in [4.69, 9.17) is 0 Å². The van der Waals surface area contributed by atoms with Gasteiger partial charge < -0.3 is 10.4 Å². The van der Waals surface area contributed by atoms with Gasteiger partial charge in [0.25, 0.3) is 0 Å². The molecule has 92 valence electrons. The van der Waals surface area contributed by atoms with Gasteiger partial charge in [0, 0.05) is 7.05 Å². The van der Waals surface area contributed by atoms with Crippen molar-refractivity contribution in [1.29, 1.82) is 0 Å². The van der Waals surface area contributed by atoms with E-state index in [2.05, 4.69) is 5.32 Å². The minimum Gasteiger partial charge on any atom is -0.480 e. The van der Waals surface area contributed by atoms with Crippen molar-refractivity contribution in [3.63, 3.8) is 0 Å². The molecule has 0 aromatic heterocycles. The number of amides is 1. The van der Waals surface area contributed by atoms with Gasteiger partial charge in [-0.25, -0.2) is 0 Å². The second-order valence-corrected chi connectivity index (χ2v) is 4.38. The minimum atomic E-state index is -1.43. The van der Waals surface area contributed by atoms with Crippen molar-refractivity contribution in [2.45, 2.75) is 20.3 Å². The largest absolute Gasteiger partial charge is 0.480 e. The number of carbonyl (C=O) groups is 2. The van der Waals surface area contributed by atoms with Gasteiger partial charge in [0.1, 0.15) is 5.41 Å². The first-order valence-electron chi connectivity index (χ1n) is 5.41. The van der Waals surface area contributed by atoms with Crippen LogP contribution in [0.5, 0.6) is 0 Å². The molecule has 0 aliphatic carbocycles. The molecule has 0 aliphatic heterocycles. The van der Waals surface area contributed by atoms with Gasteiger partial charge in [-0.15, -0.1) is 0 Å². The molecule has 4 heteroatoms. The van der Waals surface area contributed by atoms with Gasteiger partial charge in [0.2, 0.25) is 5.91 Å². The lowest BCUT2D eigenvalue weighted by molar-refractivity contribution is -0.154. The van der Waals surface area contributed by atoms with Crippen LogP contribution in [-0.2, 0) is 16.0 Å². The predicted octanol–water partition coefficient (Wildman–Crippen LogP) is 1.37. The van der Waals surface area contributed by atoms with E-state index in [-0.39, 0.29) is 6.42 Å². The van der Waals surface area contributed by atoms with Gasteiger partial charge >= 0.3 is 5.97 Å². The van der Waals surface area contributed by atoms with Crippen LogP contribution < -0.4 is 5.32 Å². The van der Waals surface area contributed by atoms with Crippen LogP contribution in [0.2, 0.25) is 0 Å². The first kappa shape index (κ1) is 13.2. The number of carboxylic acid groups (broad SMARTS) is 1. The van der Waals surface area contributed by atoms with Gasteiger partial charge in [0.05, 0.1) is 0 Å². The van der Waals surface area contributed by atoms with Crippen LogP contribution in [0.3, 0.4) is 0 Å². The first-order valence-corrected chi connectivity index (χ1v) is 5.41. The van der Waals surface area contributed by atoms with Gasteiger partial charge in [-0.1, -0.05) is 29.8 Å². The maximum absolute atomic E-state index is 11.7. The first-order chi connectivity index (χ1) is 7.90. The molecule has 1 atom stereocenters. The molecule has 0 spiro atoms. The Balaban J connectivity index is 3.03. The summed E-state index contributed by atoms with van der Waals surface area (Å²) in [6.07, 6.45) is 0.184. The Kier molecular flexibility index (Phi) is 3.89. The van der Waals surface area contributed by atoms with Crippen molar-refractivity contribution in [1.82, 2.24) is 5.32 Å². The Morgan fingerprint density at radius 1 is 1.41 bits per heavy atom. The number of hydrogen-bond acceptors (Lipinski definition) is 2. The zero-order chi connectivity index (χ0) is 13.1. The fourth-order valence-electron chi connectivity index (χ4n) is 1.76. The SMILES string of the molecule is CNC(=O)C(C)(Cc1cccc(C)c1)C(=O)O. The summed E-state index contributed by atoms with van der Waals surface area (Å²) in [4.78, 5) is 22.9. The molecule has 2 N–H and O–H groups in total. The van der Waals surface area contributed by atoms with Gasteiger partial charge in [0.15, 0.2) is 0 Å². The summed E-state index contributed by atoms with van der Waals surface area (Å²) in [5.41, 5.74) is 0.466. The molecule has 0 heterocycles. The third-order valence-corrected chi connectivity index (χ3v) is 2.84. The van der Waals surface area contributed by atoms with Crippen molar-refractivity contribution in [2.75, 3.05) is 7.05 Å². The molecule has 0 bridgehead atoms. The van der Waals surface area contributed by atoms with E-state index < -0.39 is 17.3 Å². The normalized spacial score (nSPS) is 13.8. The molecule has 0 radical (unpaired) electrons. The summed E-state index contributed by atoms with van der Waals surface area (Å²) in [5.74, 6) is -1.59. The number of aliphatic carboxylic acids is 1. The van der Waals surface area contributed by atoms with Crippen molar-refractivity contribution in [2.24, 2.45) is 5.41 Å². The molecule has 0 saturated carbocycles. The second kappa shape index (κ2) is 4.99. The number of aryl methyl sites for hydroxylation is 1. The van der Waals surface area contributed by atoms with Gasteiger partial charge in [-0.05, 0) is 25.8 Å². The molecule has 0 saturated heterocycles. The summed E-state index contributed by atoms with van der Waals surface area (Å²) in [6, 6.07) is 7.51. The van der Waals surface area contributed by atoms with Crippen LogP contribution in [0.4, 0.5) is 0 Å². The van der Waals surface area contributed by atoms with Crippen LogP contribution in [-0.4, -0.2) is 24.0 Å². The molecule has 1 aromatic carbocycles. The number of benzene rings is 1.